The summed E-state index contributed by atoms with van der Waals surface area (Å²) < 4.78 is 0. The molecule has 0 rings (SSSR count). The largest absolute Gasteiger partial charge is 0.390 e. The third-order valence-electron chi connectivity index (χ3n) is 4.76. The minimum Gasteiger partial charge on any atom is -0.390 e. The van der Waals surface area contributed by atoms with Gasteiger partial charge in [0, 0.05) is 0 Å². The SMILES string of the molecule is CCC(C)CCCCCCCCCCCC(O)C(O)CC. The van der Waals surface area contributed by atoms with Crippen LogP contribution < -0.4 is 0 Å². The van der Waals surface area contributed by atoms with Crippen molar-refractivity contribution in [1.29, 1.82) is 0 Å². The third-order valence-corrected chi connectivity index (χ3v) is 4.76. The monoisotopic (exact) mass is 300 g/mol. The Bertz CT molecular complexity index is 206. The molecule has 0 fully saturated rings. The van der Waals surface area contributed by atoms with E-state index in [1.807, 2.05) is 6.92 Å². The van der Waals surface area contributed by atoms with Gasteiger partial charge in [0.2, 0.25) is 0 Å². The van der Waals surface area contributed by atoms with Crippen LogP contribution in [0.5, 0.6) is 0 Å². The van der Waals surface area contributed by atoms with Gasteiger partial charge in [0.25, 0.3) is 0 Å². The molecule has 3 unspecified atom stereocenters. The van der Waals surface area contributed by atoms with Crippen molar-refractivity contribution in [2.24, 2.45) is 5.92 Å². The van der Waals surface area contributed by atoms with Gasteiger partial charge in [0.15, 0.2) is 0 Å². The molecule has 0 saturated heterocycles. The zero-order chi connectivity index (χ0) is 15.9. The van der Waals surface area contributed by atoms with E-state index in [0.29, 0.717) is 6.42 Å². The molecule has 2 nitrogen and oxygen atoms in total. The maximum Gasteiger partial charge on any atom is 0.0799 e. The average molecular weight is 301 g/mol. The summed E-state index contributed by atoms with van der Waals surface area (Å²) in [5.74, 6) is 0.909. The van der Waals surface area contributed by atoms with Gasteiger partial charge in [-0.05, 0) is 18.8 Å². The Balaban J connectivity index is 3.16. The molecule has 0 saturated carbocycles. The van der Waals surface area contributed by atoms with Gasteiger partial charge in [-0.3, -0.25) is 0 Å². The quantitative estimate of drug-likeness (QED) is 0.394. The fourth-order valence-corrected chi connectivity index (χ4v) is 2.75. The lowest BCUT2D eigenvalue weighted by Crippen LogP contribution is -2.24. The number of hydrogen-bond donors (Lipinski definition) is 2. The first-order valence-electron chi connectivity index (χ1n) is 9.47. The van der Waals surface area contributed by atoms with Crippen LogP contribution in [-0.2, 0) is 0 Å². The normalized spacial score (nSPS) is 15.9. The van der Waals surface area contributed by atoms with E-state index in [2.05, 4.69) is 13.8 Å². The van der Waals surface area contributed by atoms with Crippen molar-refractivity contribution in [2.45, 2.75) is 116 Å². The average Bonchev–Trinajstić information content (AvgIpc) is 2.50. The van der Waals surface area contributed by atoms with Crippen molar-refractivity contribution in [3.05, 3.63) is 0 Å². The summed E-state index contributed by atoms with van der Waals surface area (Å²) in [4.78, 5) is 0. The highest BCUT2D eigenvalue weighted by molar-refractivity contribution is 4.65. The van der Waals surface area contributed by atoms with Crippen LogP contribution in [0.4, 0.5) is 0 Å². The summed E-state index contributed by atoms with van der Waals surface area (Å²) >= 11 is 0. The second-order valence-electron chi connectivity index (χ2n) is 6.82. The van der Waals surface area contributed by atoms with E-state index in [9.17, 15) is 10.2 Å². The van der Waals surface area contributed by atoms with E-state index in [1.54, 1.807) is 0 Å². The Labute approximate surface area is 133 Å². The summed E-state index contributed by atoms with van der Waals surface area (Å²) in [6.45, 7) is 6.56. The van der Waals surface area contributed by atoms with Gasteiger partial charge in [0.1, 0.15) is 0 Å². The minimum atomic E-state index is -0.527. The van der Waals surface area contributed by atoms with Crippen molar-refractivity contribution < 1.29 is 10.2 Å². The predicted octanol–water partition coefficient (Wildman–Crippen LogP) is 5.46. The predicted molar refractivity (Wildman–Crippen MR) is 92.5 cm³/mol. The summed E-state index contributed by atoms with van der Waals surface area (Å²) in [6.07, 6.45) is 14.9. The smallest absolute Gasteiger partial charge is 0.0799 e. The number of aliphatic hydroxyl groups excluding tert-OH is 2. The summed E-state index contributed by atoms with van der Waals surface area (Å²) in [5.41, 5.74) is 0. The number of rotatable bonds is 15. The van der Waals surface area contributed by atoms with Gasteiger partial charge < -0.3 is 10.2 Å². The second kappa shape index (κ2) is 14.8. The summed E-state index contributed by atoms with van der Waals surface area (Å²) in [5, 5.41) is 19.1. The Kier molecular flexibility index (Phi) is 14.8. The van der Waals surface area contributed by atoms with Gasteiger partial charge in [-0.25, -0.2) is 0 Å². The van der Waals surface area contributed by atoms with Crippen molar-refractivity contribution >= 4 is 0 Å². The summed E-state index contributed by atoms with van der Waals surface area (Å²) in [6, 6.07) is 0. The van der Waals surface area contributed by atoms with Crippen LogP contribution in [-0.4, -0.2) is 22.4 Å². The molecular weight excluding hydrogens is 260 g/mol. The Morgan fingerprint density at radius 3 is 1.43 bits per heavy atom. The molecule has 21 heavy (non-hydrogen) atoms. The van der Waals surface area contributed by atoms with Crippen LogP contribution >= 0.6 is 0 Å². The van der Waals surface area contributed by atoms with Gasteiger partial charge in [-0.2, -0.15) is 0 Å². The molecule has 0 radical (unpaired) electrons. The Morgan fingerprint density at radius 1 is 0.571 bits per heavy atom. The first kappa shape index (κ1) is 20.9. The van der Waals surface area contributed by atoms with Gasteiger partial charge in [0.05, 0.1) is 12.2 Å². The van der Waals surface area contributed by atoms with E-state index in [-0.39, 0.29) is 0 Å². The van der Waals surface area contributed by atoms with Crippen LogP contribution in [0.3, 0.4) is 0 Å². The topological polar surface area (TPSA) is 40.5 Å². The maximum absolute atomic E-state index is 9.65. The zero-order valence-corrected chi connectivity index (χ0v) is 14.8. The molecule has 2 N–H and O–H groups in total. The highest BCUT2D eigenvalue weighted by Crippen LogP contribution is 2.15. The van der Waals surface area contributed by atoms with E-state index in [1.165, 1.54) is 64.2 Å². The molecule has 0 heterocycles. The molecule has 0 amide bonds. The highest BCUT2D eigenvalue weighted by Gasteiger charge is 2.12. The molecule has 0 aliphatic rings. The molecule has 2 heteroatoms. The fourth-order valence-electron chi connectivity index (χ4n) is 2.75. The van der Waals surface area contributed by atoms with Crippen LogP contribution in [0.1, 0.15) is 104 Å². The number of hydrogen-bond acceptors (Lipinski definition) is 2. The Morgan fingerprint density at radius 2 is 1.00 bits per heavy atom. The van der Waals surface area contributed by atoms with Crippen molar-refractivity contribution in [1.82, 2.24) is 0 Å². The zero-order valence-electron chi connectivity index (χ0n) is 14.8. The molecule has 0 bridgehead atoms. The second-order valence-corrected chi connectivity index (χ2v) is 6.82. The van der Waals surface area contributed by atoms with Gasteiger partial charge in [-0.1, -0.05) is 91.4 Å². The minimum absolute atomic E-state index is 0.513. The van der Waals surface area contributed by atoms with Gasteiger partial charge in [-0.15, -0.1) is 0 Å². The van der Waals surface area contributed by atoms with E-state index < -0.39 is 12.2 Å². The fraction of sp³-hybridized carbons (Fsp3) is 1.00. The highest BCUT2D eigenvalue weighted by atomic mass is 16.3. The number of aliphatic hydroxyl groups is 2. The first-order valence-corrected chi connectivity index (χ1v) is 9.47. The Hall–Kier alpha value is -0.0800. The lowest BCUT2D eigenvalue weighted by Gasteiger charge is -2.15. The molecule has 0 spiro atoms. The molecule has 0 aromatic heterocycles. The molecule has 0 aliphatic heterocycles. The molecule has 0 aliphatic carbocycles. The van der Waals surface area contributed by atoms with E-state index in [4.69, 9.17) is 0 Å². The lowest BCUT2D eigenvalue weighted by molar-refractivity contribution is 0.0114. The van der Waals surface area contributed by atoms with Crippen LogP contribution in [0.25, 0.3) is 0 Å². The molecule has 3 atom stereocenters. The van der Waals surface area contributed by atoms with Crippen molar-refractivity contribution in [3.8, 4) is 0 Å². The third kappa shape index (κ3) is 13.3. The lowest BCUT2D eigenvalue weighted by atomic mass is 9.99. The number of unbranched alkanes of at least 4 members (excludes halogenated alkanes) is 8. The van der Waals surface area contributed by atoms with E-state index >= 15 is 0 Å². The molecule has 128 valence electrons. The van der Waals surface area contributed by atoms with Crippen molar-refractivity contribution in [2.75, 3.05) is 0 Å². The van der Waals surface area contributed by atoms with E-state index in [0.717, 1.165) is 18.8 Å². The molecular formula is C19H40O2. The standard InChI is InChI=1S/C19H40O2/c1-4-17(3)15-13-11-9-7-6-8-10-12-14-16-19(21)18(20)5-2/h17-21H,4-16H2,1-3H3. The van der Waals surface area contributed by atoms with Gasteiger partial charge >= 0.3 is 0 Å². The summed E-state index contributed by atoms with van der Waals surface area (Å²) in [7, 11) is 0. The van der Waals surface area contributed by atoms with Crippen LogP contribution in [0.2, 0.25) is 0 Å². The van der Waals surface area contributed by atoms with Crippen molar-refractivity contribution in [3.63, 3.8) is 0 Å². The molecule has 0 aromatic rings. The van der Waals surface area contributed by atoms with Crippen LogP contribution in [0.15, 0.2) is 0 Å². The molecule has 0 aromatic carbocycles. The maximum atomic E-state index is 9.65. The van der Waals surface area contributed by atoms with Crippen LogP contribution in [0, 0.1) is 5.92 Å². The first-order chi connectivity index (χ1) is 10.1.